The molecule has 1 aliphatic rings. The largest absolute Gasteiger partial charge is 0.339 e. The fourth-order valence-electron chi connectivity index (χ4n) is 2.03. The number of hydrogen-bond donors (Lipinski definition) is 1. The summed E-state index contributed by atoms with van der Waals surface area (Å²) in [5.41, 5.74) is 0. The third-order valence-corrected chi connectivity index (χ3v) is 6.16. The number of halogens is 1. The molecule has 0 bridgehead atoms. The minimum atomic E-state index is -3.59. The molecular formula is C11H15ClN2O3S2. The van der Waals surface area contributed by atoms with Crippen LogP contribution in [0.2, 0.25) is 4.34 Å². The van der Waals surface area contributed by atoms with Crippen molar-refractivity contribution in [1.82, 2.24) is 9.62 Å². The van der Waals surface area contributed by atoms with E-state index >= 15 is 0 Å². The zero-order chi connectivity index (χ0) is 14.2. The number of nitrogens with zero attached hydrogens (tertiary/aromatic N) is 1. The van der Waals surface area contributed by atoms with Crippen molar-refractivity contribution >= 4 is 38.9 Å². The lowest BCUT2D eigenvalue weighted by atomic mass is 10.3. The molecule has 1 aromatic heterocycles. The third kappa shape index (κ3) is 3.28. The molecule has 1 amide bonds. The van der Waals surface area contributed by atoms with Crippen molar-refractivity contribution in [2.24, 2.45) is 0 Å². The lowest BCUT2D eigenvalue weighted by Crippen LogP contribution is -2.38. The average molecular weight is 323 g/mol. The zero-order valence-corrected chi connectivity index (χ0v) is 13.0. The number of likely N-dealkylation sites (tertiary alicyclic amines) is 1. The van der Waals surface area contributed by atoms with Gasteiger partial charge in [0.25, 0.3) is 0 Å². The van der Waals surface area contributed by atoms with Gasteiger partial charge in [-0.1, -0.05) is 11.6 Å². The Morgan fingerprint density at radius 3 is 2.63 bits per heavy atom. The standard InChI is InChI=1S/C11H15ClN2O3S2/c1-7(2)14-6-8(5-10(14)15)13-19(16,17)11-4-3-9(12)18-11/h3-4,7-8,13H,5-6H2,1-2H3. The number of nitrogens with one attached hydrogen (secondary N) is 1. The number of rotatable bonds is 4. The van der Waals surface area contributed by atoms with Crippen molar-refractivity contribution < 1.29 is 13.2 Å². The molecule has 1 unspecified atom stereocenters. The second-order valence-corrected chi connectivity index (χ2v) is 8.38. The van der Waals surface area contributed by atoms with Crippen molar-refractivity contribution in [3.63, 3.8) is 0 Å². The van der Waals surface area contributed by atoms with Gasteiger partial charge in [0.15, 0.2) is 0 Å². The average Bonchev–Trinajstić information content (AvgIpc) is 2.85. The number of carbonyl (C=O) groups excluding carboxylic acids is 1. The molecule has 106 valence electrons. The van der Waals surface area contributed by atoms with Crippen LogP contribution in [0, 0.1) is 0 Å². The minimum Gasteiger partial charge on any atom is -0.339 e. The van der Waals surface area contributed by atoms with Gasteiger partial charge in [-0.25, -0.2) is 13.1 Å². The second-order valence-electron chi connectivity index (χ2n) is 4.72. The first-order valence-corrected chi connectivity index (χ1v) is 8.54. The highest BCUT2D eigenvalue weighted by Crippen LogP contribution is 2.26. The van der Waals surface area contributed by atoms with Crippen molar-refractivity contribution in [2.45, 2.75) is 36.6 Å². The molecule has 0 spiro atoms. The van der Waals surface area contributed by atoms with Crippen molar-refractivity contribution in [2.75, 3.05) is 6.54 Å². The molecule has 2 heterocycles. The monoisotopic (exact) mass is 322 g/mol. The van der Waals surface area contributed by atoms with Gasteiger partial charge in [0.05, 0.1) is 4.34 Å². The van der Waals surface area contributed by atoms with Gasteiger partial charge in [-0.15, -0.1) is 11.3 Å². The van der Waals surface area contributed by atoms with E-state index in [-0.39, 0.29) is 28.6 Å². The van der Waals surface area contributed by atoms with E-state index in [9.17, 15) is 13.2 Å². The van der Waals surface area contributed by atoms with Gasteiger partial charge >= 0.3 is 0 Å². The molecular weight excluding hydrogens is 308 g/mol. The van der Waals surface area contributed by atoms with Crippen LogP contribution in [0.25, 0.3) is 0 Å². The van der Waals surface area contributed by atoms with E-state index in [4.69, 9.17) is 11.6 Å². The maximum Gasteiger partial charge on any atom is 0.250 e. The maximum atomic E-state index is 12.1. The molecule has 2 rings (SSSR count). The summed E-state index contributed by atoms with van der Waals surface area (Å²) in [6.45, 7) is 4.23. The van der Waals surface area contributed by atoms with E-state index in [0.29, 0.717) is 10.9 Å². The van der Waals surface area contributed by atoms with Crippen LogP contribution in [0.3, 0.4) is 0 Å². The van der Waals surface area contributed by atoms with Crippen molar-refractivity contribution in [3.8, 4) is 0 Å². The topological polar surface area (TPSA) is 66.5 Å². The third-order valence-electron chi connectivity index (χ3n) is 2.92. The Bertz CT molecular complexity index is 583. The van der Waals surface area contributed by atoms with Crippen LogP contribution < -0.4 is 4.72 Å². The maximum absolute atomic E-state index is 12.1. The molecule has 1 atom stereocenters. The number of carbonyl (C=O) groups is 1. The summed E-state index contributed by atoms with van der Waals surface area (Å²) in [7, 11) is -3.59. The molecule has 0 radical (unpaired) electrons. The van der Waals surface area contributed by atoms with Gasteiger partial charge in [-0.2, -0.15) is 0 Å². The SMILES string of the molecule is CC(C)N1CC(NS(=O)(=O)c2ccc(Cl)s2)CC1=O. The number of thiophene rings is 1. The van der Waals surface area contributed by atoms with Crippen LogP contribution in [-0.2, 0) is 14.8 Å². The summed E-state index contributed by atoms with van der Waals surface area (Å²) in [6, 6.07) is 2.71. The lowest BCUT2D eigenvalue weighted by Gasteiger charge is -2.21. The molecule has 0 aliphatic carbocycles. The summed E-state index contributed by atoms with van der Waals surface area (Å²) < 4.78 is 27.3. The Morgan fingerprint density at radius 2 is 2.16 bits per heavy atom. The summed E-state index contributed by atoms with van der Waals surface area (Å²) in [6.07, 6.45) is 0.205. The van der Waals surface area contributed by atoms with Crippen molar-refractivity contribution in [3.05, 3.63) is 16.5 Å². The summed E-state index contributed by atoms with van der Waals surface area (Å²) in [5, 5.41) is 0. The highest BCUT2D eigenvalue weighted by atomic mass is 35.5. The Hall–Kier alpha value is -0.630. The van der Waals surface area contributed by atoms with E-state index in [2.05, 4.69) is 4.72 Å². The zero-order valence-electron chi connectivity index (χ0n) is 10.6. The lowest BCUT2D eigenvalue weighted by molar-refractivity contribution is -0.129. The van der Waals surface area contributed by atoms with Crippen LogP contribution in [0.5, 0.6) is 0 Å². The van der Waals surface area contributed by atoms with Crippen LogP contribution in [0.1, 0.15) is 20.3 Å². The number of amides is 1. The van der Waals surface area contributed by atoms with Crippen LogP contribution in [-0.4, -0.2) is 37.9 Å². The quantitative estimate of drug-likeness (QED) is 0.917. The van der Waals surface area contributed by atoms with Gasteiger partial charge in [0.1, 0.15) is 4.21 Å². The molecule has 1 saturated heterocycles. The Morgan fingerprint density at radius 1 is 1.47 bits per heavy atom. The first-order valence-electron chi connectivity index (χ1n) is 5.87. The van der Waals surface area contributed by atoms with E-state index < -0.39 is 10.0 Å². The van der Waals surface area contributed by atoms with Gasteiger partial charge in [0, 0.05) is 25.0 Å². The van der Waals surface area contributed by atoms with Gasteiger partial charge < -0.3 is 4.90 Å². The number of sulfonamides is 1. The molecule has 5 nitrogen and oxygen atoms in total. The molecule has 0 aromatic carbocycles. The Labute approximate surface area is 121 Å². The summed E-state index contributed by atoms with van der Waals surface area (Å²) in [5.74, 6) is -0.0214. The predicted molar refractivity (Wildman–Crippen MR) is 74.9 cm³/mol. The second kappa shape index (κ2) is 5.40. The van der Waals surface area contributed by atoms with Crippen molar-refractivity contribution in [1.29, 1.82) is 0 Å². The fraction of sp³-hybridized carbons (Fsp3) is 0.545. The molecule has 1 fully saturated rings. The normalized spacial score (nSPS) is 20.5. The van der Waals surface area contributed by atoms with E-state index in [1.165, 1.54) is 6.07 Å². The summed E-state index contributed by atoms with van der Waals surface area (Å²) in [4.78, 5) is 13.4. The van der Waals surface area contributed by atoms with Gasteiger partial charge in [-0.05, 0) is 26.0 Å². The molecule has 1 aromatic rings. The molecule has 8 heteroatoms. The fourth-order valence-corrected chi connectivity index (χ4v) is 4.76. The minimum absolute atomic E-state index is 0.0214. The van der Waals surface area contributed by atoms with E-state index in [1.54, 1.807) is 11.0 Å². The molecule has 19 heavy (non-hydrogen) atoms. The molecule has 1 aliphatic heterocycles. The van der Waals surface area contributed by atoms with Crippen LogP contribution >= 0.6 is 22.9 Å². The van der Waals surface area contributed by atoms with Gasteiger partial charge in [0.2, 0.25) is 15.9 Å². The van der Waals surface area contributed by atoms with Crippen LogP contribution in [0.4, 0.5) is 0 Å². The first-order chi connectivity index (χ1) is 8.79. The highest BCUT2D eigenvalue weighted by Gasteiger charge is 2.34. The van der Waals surface area contributed by atoms with E-state index in [0.717, 1.165) is 11.3 Å². The smallest absolute Gasteiger partial charge is 0.250 e. The first kappa shape index (κ1) is 14.8. The molecule has 0 saturated carbocycles. The van der Waals surface area contributed by atoms with Crippen LogP contribution in [0.15, 0.2) is 16.3 Å². The predicted octanol–water partition coefficient (Wildman–Crippen LogP) is 1.69. The summed E-state index contributed by atoms with van der Waals surface area (Å²) >= 11 is 6.74. The highest BCUT2D eigenvalue weighted by molar-refractivity contribution is 7.91. The Balaban J connectivity index is 2.08. The Kier molecular flexibility index (Phi) is 4.20. The molecule has 1 N–H and O–H groups in total. The number of hydrogen-bond acceptors (Lipinski definition) is 4. The van der Waals surface area contributed by atoms with E-state index in [1.807, 2.05) is 13.8 Å². The van der Waals surface area contributed by atoms with Gasteiger partial charge in [-0.3, -0.25) is 4.79 Å².